The molecule has 0 radical (unpaired) electrons. The lowest BCUT2D eigenvalue weighted by Crippen LogP contribution is -2.21. The third kappa shape index (κ3) is 4.53. The number of hydrogen-bond acceptors (Lipinski definition) is 1. The molecule has 102 valence electrons. The average Bonchev–Trinajstić information content (AvgIpc) is 2.28. The summed E-state index contributed by atoms with van der Waals surface area (Å²) in [6, 6.07) is 8.11. The van der Waals surface area contributed by atoms with Crippen LogP contribution in [-0.4, -0.2) is 12.5 Å². The first-order valence-corrected chi connectivity index (χ1v) is 7.04. The molecule has 0 saturated heterocycles. The molecule has 0 saturated carbocycles. The van der Waals surface area contributed by atoms with Crippen molar-refractivity contribution in [2.24, 2.45) is 11.3 Å². The zero-order valence-corrected chi connectivity index (χ0v) is 12.9. The number of hydrogen-bond donors (Lipinski definition) is 0. The van der Waals surface area contributed by atoms with E-state index in [-0.39, 0.29) is 5.38 Å². The van der Waals surface area contributed by atoms with Gasteiger partial charge < -0.3 is 4.74 Å². The average molecular weight is 269 g/mol. The summed E-state index contributed by atoms with van der Waals surface area (Å²) in [5, 5.41) is 0.163. The van der Waals surface area contributed by atoms with E-state index in [1.165, 1.54) is 5.56 Å². The maximum absolute atomic E-state index is 6.49. The van der Waals surface area contributed by atoms with E-state index in [4.69, 9.17) is 16.3 Å². The summed E-state index contributed by atoms with van der Waals surface area (Å²) >= 11 is 6.49. The van der Waals surface area contributed by atoms with Gasteiger partial charge in [0.15, 0.2) is 0 Å². The summed E-state index contributed by atoms with van der Waals surface area (Å²) in [6.45, 7) is 9.08. The monoisotopic (exact) mass is 268 g/mol. The van der Waals surface area contributed by atoms with Crippen molar-refractivity contribution in [1.29, 1.82) is 0 Å². The third-order valence-corrected chi connectivity index (χ3v) is 4.05. The van der Waals surface area contributed by atoms with Crippen LogP contribution in [0.15, 0.2) is 24.3 Å². The van der Waals surface area contributed by atoms with Crippen LogP contribution in [0.25, 0.3) is 0 Å². The van der Waals surface area contributed by atoms with E-state index in [0.29, 0.717) is 11.3 Å². The number of para-hydroxylation sites is 1. The maximum Gasteiger partial charge on any atom is 0.122 e. The predicted molar refractivity (Wildman–Crippen MR) is 79.6 cm³/mol. The molecule has 2 heteroatoms. The van der Waals surface area contributed by atoms with Gasteiger partial charge in [-0.05, 0) is 35.8 Å². The molecular weight excluding hydrogens is 244 g/mol. The molecular formula is C16H25ClO. The van der Waals surface area contributed by atoms with Crippen molar-refractivity contribution in [3.63, 3.8) is 0 Å². The van der Waals surface area contributed by atoms with Gasteiger partial charge in [-0.1, -0.05) is 45.9 Å². The van der Waals surface area contributed by atoms with Gasteiger partial charge in [0.2, 0.25) is 0 Å². The standard InChI is InChI=1S/C16H25ClO/c1-12(16(2,3)4)10-14(17)11-13-8-6-7-9-15(13)18-5/h6-9,12,14H,10-11H2,1-5H3. The van der Waals surface area contributed by atoms with Gasteiger partial charge >= 0.3 is 0 Å². The Bertz CT molecular complexity index is 368. The number of benzene rings is 1. The van der Waals surface area contributed by atoms with Crippen molar-refractivity contribution in [1.82, 2.24) is 0 Å². The smallest absolute Gasteiger partial charge is 0.122 e. The van der Waals surface area contributed by atoms with Crippen LogP contribution in [0.5, 0.6) is 5.75 Å². The minimum atomic E-state index is 0.163. The molecule has 2 unspecified atom stereocenters. The van der Waals surface area contributed by atoms with Gasteiger partial charge in [-0.15, -0.1) is 11.6 Å². The molecule has 1 aromatic carbocycles. The van der Waals surface area contributed by atoms with E-state index < -0.39 is 0 Å². The number of ether oxygens (including phenoxy) is 1. The summed E-state index contributed by atoms with van der Waals surface area (Å²) in [4.78, 5) is 0. The van der Waals surface area contributed by atoms with Crippen molar-refractivity contribution in [2.45, 2.75) is 45.9 Å². The van der Waals surface area contributed by atoms with Crippen LogP contribution in [0.3, 0.4) is 0 Å². The number of halogens is 1. The van der Waals surface area contributed by atoms with Crippen LogP contribution in [0, 0.1) is 11.3 Å². The predicted octanol–water partition coefficient (Wildman–Crippen LogP) is 4.92. The molecule has 0 heterocycles. The first-order valence-electron chi connectivity index (χ1n) is 6.60. The van der Waals surface area contributed by atoms with Crippen molar-refractivity contribution < 1.29 is 4.74 Å². The molecule has 0 fully saturated rings. The van der Waals surface area contributed by atoms with E-state index in [2.05, 4.69) is 33.8 Å². The Morgan fingerprint density at radius 1 is 1.22 bits per heavy atom. The summed E-state index contributed by atoms with van der Waals surface area (Å²) in [6.07, 6.45) is 1.90. The highest BCUT2D eigenvalue weighted by Gasteiger charge is 2.23. The van der Waals surface area contributed by atoms with Gasteiger partial charge in [0.1, 0.15) is 5.75 Å². The Morgan fingerprint density at radius 3 is 2.39 bits per heavy atom. The summed E-state index contributed by atoms with van der Waals surface area (Å²) in [5.41, 5.74) is 1.51. The first-order chi connectivity index (χ1) is 8.34. The number of alkyl halides is 1. The van der Waals surface area contributed by atoms with Gasteiger partial charge in [-0.3, -0.25) is 0 Å². The van der Waals surface area contributed by atoms with Gasteiger partial charge in [0, 0.05) is 5.38 Å². The highest BCUT2D eigenvalue weighted by molar-refractivity contribution is 6.20. The fourth-order valence-corrected chi connectivity index (χ4v) is 2.36. The van der Waals surface area contributed by atoms with Gasteiger partial charge in [-0.2, -0.15) is 0 Å². The number of rotatable bonds is 5. The second-order valence-corrected chi connectivity index (χ2v) is 6.73. The fraction of sp³-hybridized carbons (Fsp3) is 0.625. The van der Waals surface area contributed by atoms with Crippen molar-refractivity contribution in [3.05, 3.63) is 29.8 Å². The van der Waals surface area contributed by atoms with E-state index in [1.54, 1.807) is 7.11 Å². The Hall–Kier alpha value is -0.690. The molecule has 0 aromatic heterocycles. The van der Waals surface area contributed by atoms with E-state index in [1.807, 2.05) is 18.2 Å². The SMILES string of the molecule is COc1ccccc1CC(Cl)CC(C)C(C)(C)C. The molecule has 1 nitrogen and oxygen atoms in total. The normalized spacial score (nSPS) is 15.2. The second kappa shape index (κ2) is 6.47. The van der Waals surface area contributed by atoms with E-state index >= 15 is 0 Å². The molecule has 0 amide bonds. The summed E-state index contributed by atoms with van der Waals surface area (Å²) < 4.78 is 5.36. The van der Waals surface area contributed by atoms with E-state index in [0.717, 1.165) is 18.6 Å². The van der Waals surface area contributed by atoms with Crippen molar-refractivity contribution in [2.75, 3.05) is 7.11 Å². The molecule has 0 bridgehead atoms. The molecule has 0 aliphatic carbocycles. The zero-order chi connectivity index (χ0) is 13.8. The van der Waals surface area contributed by atoms with E-state index in [9.17, 15) is 0 Å². The van der Waals surface area contributed by atoms with Crippen LogP contribution >= 0.6 is 11.6 Å². The molecule has 2 atom stereocenters. The lowest BCUT2D eigenvalue weighted by atomic mass is 9.79. The summed E-state index contributed by atoms with van der Waals surface area (Å²) in [5.74, 6) is 1.54. The van der Waals surface area contributed by atoms with Crippen LogP contribution in [0.4, 0.5) is 0 Å². The summed E-state index contributed by atoms with van der Waals surface area (Å²) in [7, 11) is 1.71. The topological polar surface area (TPSA) is 9.23 Å². The van der Waals surface area contributed by atoms with Crippen LogP contribution in [0.1, 0.15) is 39.7 Å². The Morgan fingerprint density at radius 2 is 1.83 bits per heavy atom. The minimum Gasteiger partial charge on any atom is -0.496 e. The molecule has 0 N–H and O–H groups in total. The first kappa shape index (κ1) is 15.4. The minimum absolute atomic E-state index is 0.163. The lowest BCUT2D eigenvalue weighted by Gasteiger charge is -2.29. The second-order valence-electron chi connectivity index (χ2n) is 6.12. The van der Waals surface area contributed by atoms with Gasteiger partial charge in [0.05, 0.1) is 7.11 Å². The molecule has 1 rings (SSSR count). The molecule has 0 spiro atoms. The van der Waals surface area contributed by atoms with Gasteiger partial charge in [-0.25, -0.2) is 0 Å². The lowest BCUT2D eigenvalue weighted by molar-refractivity contribution is 0.244. The number of methoxy groups -OCH3 is 1. The quantitative estimate of drug-likeness (QED) is 0.689. The van der Waals surface area contributed by atoms with Gasteiger partial charge in [0.25, 0.3) is 0 Å². The maximum atomic E-state index is 6.49. The van der Waals surface area contributed by atoms with Crippen molar-refractivity contribution in [3.8, 4) is 5.75 Å². The van der Waals surface area contributed by atoms with Crippen LogP contribution in [0.2, 0.25) is 0 Å². The highest BCUT2D eigenvalue weighted by atomic mass is 35.5. The molecule has 0 aliphatic heterocycles. The molecule has 18 heavy (non-hydrogen) atoms. The largest absolute Gasteiger partial charge is 0.496 e. The highest BCUT2D eigenvalue weighted by Crippen LogP contribution is 2.32. The molecule has 1 aromatic rings. The molecule has 0 aliphatic rings. The Balaban J connectivity index is 2.62. The van der Waals surface area contributed by atoms with Crippen LogP contribution in [-0.2, 0) is 6.42 Å². The zero-order valence-electron chi connectivity index (χ0n) is 12.2. The third-order valence-electron chi connectivity index (χ3n) is 3.72. The Kier molecular flexibility index (Phi) is 5.52. The van der Waals surface area contributed by atoms with Crippen molar-refractivity contribution >= 4 is 11.6 Å². The Labute approximate surface area is 116 Å². The fourth-order valence-electron chi connectivity index (χ4n) is 1.93. The van der Waals surface area contributed by atoms with Crippen LogP contribution < -0.4 is 4.74 Å².